The zero-order chi connectivity index (χ0) is 8.22. The van der Waals surface area contributed by atoms with E-state index in [1.807, 2.05) is 4.90 Å². The van der Waals surface area contributed by atoms with Gasteiger partial charge < -0.3 is 4.90 Å². The lowest BCUT2D eigenvalue weighted by Gasteiger charge is -2.33. The third-order valence-corrected chi connectivity index (χ3v) is 2.73. The first kappa shape index (κ1) is 7.14. The summed E-state index contributed by atoms with van der Waals surface area (Å²) >= 11 is 0. The zero-order valence-electron chi connectivity index (χ0n) is 7.42. The summed E-state index contributed by atoms with van der Waals surface area (Å²) < 4.78 is 0. The average molecular weight is 153 g/mol. The van der Waals surface area contributed by atoms with Crippen LogP contribution < -0.4 is 0 Å². The minimum atomic E-state index is 0.0461. The molecule has 0 bridgehead atoms. The van der Waals surface area contributed by atoms with E-state index in [1.165, 1.54) is 0 Å². The van der Waals surface area contributed by atoms with Crippen molar-refractivity contribution >= 4 is 5.91 Å². The van der Waals surface area contributed by atoms with Crippen molar-refractivity contribution < 1.29 is 4.79 Å². The van der Waals surface area contributed by atoms with E-state index < -0.39 is 0 Å². The Morgan fingerprint density at radius 2 is 2.09 bits per heavy atom. The first-order chi connectivity index (χ1) is 5.00. The highest BCUT2D eigenvalue weighted by Crippen LogP contribution is 2.47. The Hall–Kier alpha value is -0.530. The molecule has 0 aromatic carbocycles. The fraction of sp³-hybridized carbons (Fsp3) is 0.889. The molecule has 2 fully saturated rings. The van der Waals surface area contributed by atoms with E-state index in [4.69, 9.17) is 0 Å². The van der Waals surface area contributed by atoms with Crippen molar-refractivity contribution in [1.29, 1.82) is 0 Å². The maximum absolute atomic E-state index is 11.5. The van der Waals surface area contributed by atoms with Gasteiger partial charge in [0, 0.05) is 18.0 Å². The van der Waals surface area contributed by atoms with Crippen molar-refractivity contribution in [2.75, 3.05) is 6.54 Å². The number of carbonyl (C=O) groups is 1. The number of hydrogen-bond donors (Lipinski definition) is 0. The number of fused-ring (bicyclic) bond motifs is 1. The molecule has 62 valence electrons. The van der Waals surface area contributed by atoms with Crippen LogP contribution in [0, 0.1) is 11.8 Å². The molecular formula is C9H15NO. The molecule has 0 aromatic heterocycles. The van der Waals surface area contributed by atoms with Crippen molar-refractivity contribution in [2.45, 2.75) is 32.7 Å². The van der Waals surface area contributed by atoms with Gasteiger partial charge in [-0.05, 0) is 33.1 Å². The average Bonchev–Trinajstić information content (AvgIpc) is 2.52. The van der Waals surface area contributed by atoms with Crippen LogP contribution in [0.3, 0.4) is 0 Å². The van der Waals surface area contributed by atoms with Gasteiger partial charge in [0.15, 0.2) is 0 Å². The second-order valence-corrected chi connectivity index (χ2v) is 4.72. The van der Waals surface area contributed by atoms with E-state index in [9.17, 15) is 4.79 Å². The maximum atomic E-state index is 11.5. The molecule has 1 heterocycles. The lowest BCUT2D eigenvalue weighted by atomic mass is 10.1. The van der Waals surface area contributed by atoms with Crippen molar-refractivity contribution in [3.63, 3.8) is 0 Å². The molecule has 2 heteroatoms. The molecule has 1 aliphatic carbocycles. The third-order valence-electron chi connectivity index (χ3n) is 2.73. The van der Waals surface area contributed by atoms with Crippen LogP contribution >= 0.6 is 0 Å². The summed E-state index contributed by atoms with van der Waals surface area (Å²) in [4.78, 5) is 13.5. The summed E-state index contributed by atoms with van der Waals surface area (Å²) in [6.07, 6.45) is 1.16. The number of nitrogens with zero attached hydrogens (tertiary/aromatic N) is 1. The molecule has 1 aliphatic heterocycles. The summed E-state index contributed by atoms with van der Waals surface area (Å²) in [6, 6.07) is 0. The second kappa shape index (κ2) is 1.79. The number of carbonyl (C=O) groups excluding carboxylic acids is 1. The highest BCUT2D eigenvalue weighted by atomic mass is 16.2. The van der Waals surface area contributed by atoms with Crippen molar-refractivity contribution in [3.8, 4) is 0 Å². The molecule has 1 saturated heterocycles. The predicted molar refractivity (Wildman–Crippen MR) is 43.1 cm³/mol. The maximum Gasteiger partial charge on any atom is 0.226 e. The van der Waals surface area contributed by atoms with Gasteiger partial charge in [-0.2, -0.15) is 0 Å². The van der Waals surface area contributed by atoms with Crippen LogP contribution in [0.25, 0.3) is 0 Å². The van der Waals surface area contributed by atoms with Crippen LogP contribution in [0.2, 0.25) is 0 Å². The number of likely N-dealkylation sites (tertiary alicyclic amines) is 1. The van der Waals surface area contributed by atoms with Crippen LogP contribution in [-0.4, -0.2) is 22.9 Å². The Kier molecular flexibility index (Phi) is 1.16. The summed E-state index contributed by atoms with van der Waals surface area (Å²) in [5.41, 5.74) is 0.0461. The number of piperidine rings is 1. The van der Waals surface area contributed by atoms with E-state index in [-0.39, 0.29) is 5.54 Å². The SMILES string of the molecule is CC(C)(C)N1CC2CC2C1=O. The predicted octanol–water partition coefficient (Wildman–Crippen LogP) is 1.26. The molecular weight excluding hydrogens is 138 g/mol. The van der Waals surface area contributed by atoms with Gasteiger partial charge in [0.25, 0.3) is 0 Å². The van der Waals surface area contributed by atoms with Gasteiger partial charge in [0.2, 0.25) is 5.91 Å². The topological polar surface area (TPSA) is 20.3 Å². The third kappa shape index (κ3) is 0.959. The first-order valence-electron chi connectivity index (χ1n) is 4.31. The molecule has 0 radical (unpaired) electrons. The van der Waals surface area contributed by atoms with E-state index in [2.05, 4.69) is 20.8 Å². The summed E-state index contributed by atoms with van der Waals surface area (Å²) in [5.74, 6) is 1.51. The van der Waals surface area contributed by atoms with E-state index >= 15 is 0 Å². The lowest BCUT2D eigenvalue weighted by molar-refractivity contribution is -0.134. The van der Waals surface area contributed by atoms with Gasteiger partial charge in [0.1, 0.15) is 0 Å². The van der Waals surface area contributed by atoms with Crippen molar-refractivity contribution in [2.24, 2.45) is 11.8 Å². The molecule has 2 aliphatic rings. The van der Waals surface area contributed by atoms with Crippen LogP contribution in [-0.2, 0) is 4.79 Å². The number of hydrogen-bond acceptors (Lipinski definition) is 1. The molecule has 2 rings (SSSR count). The van der Waals surface area contributed by atoms with Gasteiger partial charge in [-0.15, -0.1) is 0 Å². The van der Waals surface area contributed by atoms with Crippen LogP contribution in [0.15, 0.2) is 0 Å². The molecule has 2 unspecified atom stereocenters. The summed E-state index contributed by atoms with van der Waals surface area (Å²) in [7, 11) is 0. The smallest absolute Gasteiger partial charge is 0.226 e. The first-order valence-corrected chi connectivity index (χ1v) is 4.31. The Balaban J connectivity index is 2.13. The molecule has 2 atom stereocenters. The van der Waals surface area contributed by atoms with Crippen molar-refractivity contribution in [3.05, 3.63) is 0 Å². The molecule has 1 saturated carbocycles. The van der Waals surface area contributed by atoms with Gasteiger partial charge in [-0.3, -0.25) is 4.79 Å². The number of rotatable bonds is 0. The standard InChI is InChI=1S/C9H15NO/c1-9(2,3)10-5-6-4-7(6)8(10)11/h6-7H,4-5H2,1-3H3. The minimum Gasteiger partial charge on any atom is -0.337 e. The van der Waals surface area contributed by atoms with Crippen LogP contribution in [0.1, 0.15) is 27.2 Å². The highest BCUT2D eigenvalue weighted by molar-refractivity contribution is 5.85. The molecule has 0 aromatic rings. The highest BCUT2D eigenvalue weighted by Gasteiger charge is 2.54. The molecule has 1 amide bonds. The Labute approximate surface area is 67.6 Å². The van der Waals surface area contributed by atoms with Gasteiger partial charge in [-0.25, -0.2) is 0 Å². The van der Waals surface area contributed by atoms with Gasteiger partial charge >= 0.3 is 0 Å². The largest absolute Gasteiger partial charge is 0.337 e. The number of amides is 1. The normalized spacial score (nSPS) is 35.9. The fourth-order valence-electron chi connectivity index (χ4n) is 1.88. The molecule has 0 N–H and O–H groups in total. The van der Waals surface area contributed by atoms with Gasteiger partial charge in [-0.1, -0.05) is 0 Å². The Bertz CT molecular complexity index is 204. The molecule has 0 spiro atoms. The van der Waals surface area contributed by atoms with E-state index in [0.717, 1.165) is 13.0 Å². The van der Waals surface area contributed by atoms with Crippen LogP contribution in [0.4, 0.5) is 0 Å². The lowest BCUT2D eigenvalue weighted by Crippen LogP contribution is -2.43. The quantitative estimate of drug-likeness (QED) is 0.513. The van der Waals surface area contributed by atoms with E-state index in [0.29, 0.717) is 17.7 Å². The molecule has 2 nitrogen and oxygen atoms in total. The Morgan fingerprint density at radius 1 is 1.45 bits per heavy atom. The minimum absolute atomic E-state index is 0.0461. The van der Waals surface area contributed by atoms with E-state index in [1.54, 1.807) is 0 Å². The fourth-order valence-corrected chi connectivity index (χ4v) is 1.88. The Morgan fingerprint density at radius 3 is 2.36 bits per heavy atom. The second-order valence-electron chi connectivity index (χ2n) is 4.72. The summed E-state index contributed by atoms with van der Waals surface area (Å²) in [6.45, 7) is 7.33. The molecule has 11 heavy (non-hydrogen) atoms. The zero-order valence-corrected chi connectivity index (χ0v) is 7.42. The summed E-state index contributed by atoms with van der Waals surface area (Å²) in [5, 5.41) is 0. The monoisotopic (exact) mass is 153 g/mol. The van der Waals surface area contributed by atoms with Crippen LogP contribution in [0.5, 0.6) is 0 Å². The van der Waals surface area contributed by atoms with Gasteiger partial charge in [0.05, 0.1) is 0 Å². The van der Waals surface area contributed by atoms with Crippen molar-refractivity contribution in [1.82, 2.24) is 4.90 Å².